The summed E-state index contributed by atoms with van der Waals surface area (Å²) >= 11 is 0. The molecule has 0 saturated carbocycles. The molecule has 3 rings (SSSR count). The molecule has 0 aliphatic carbocycles. The maximum atomic E-state index is 13.0. The van der Waals surface area contributed by atoms with Crippen LogP contribution in [0.2, 0.25) is 0 Å². The van der Waals surface area contributed by atoms with Crippen LogP contribution >= 0.6 is 0 Å². The first kappa shape index (κ1) is 18.2. The van der Waals surface area contributed by atoms with E-state index in [1.807, 2.05) is 68.1 Å². The molecule has 2 amide bonds. The zero-order valence-electron chi connectivity index (χ0n) is 15.7. The van der Waals surface area contributed by atoms with Gasteiger partial charge in [-0.05, 0) is 49.6 Å². The van der Waals surface area contributed by atoms with Gasteiger partial charge in [-0.3, -0.25) is 9.59 Å². The van der Waals surface area contributed by atoms with Crippen molar-refractivity contribution in [1.29, 1.82) is 0 Å². The average Bonchev–Trinajstić information content (AvgIpc) is 3.01. The van der Waals surface area contributed by atoms with Crippen molar-refractivity contribution in [1.82, 2.24) is 4.90 Å². The van der Waals surface area contributed by atoms with Gasteiger partial charge in [0.05, 0.1) is 5.92 Å². The molecule has 1 saturated heterocycles. The largest absolute Gasteiger partial charge is 0.338 e. The Morgan fingerprint density at radius 1 is 1.12 bits per heavy atom. The maximum absolute atomic E-state index is 13.0. The summed E-state index contributed by atoms with van der Waals surface area (Å²) in [5, 5.41) is 0. The lowest BCUT2D eigenvalue weighted by atomic mass is 10.1. The summed E-state index contributed by atoms with van der Waals surface area (Å²) in [6.07, 6.45) is 0.289. The van der Waals surface area contributed by atoms with E-state index in [1.165, 1.54) is 0 Å². The zero-order valence-corrected chi connectivity index (χ0v) is 15.7. The number of nitrogens with zero attached hydrogens (tertiary/aromatic N) is 2. The highest BCUT2D eigenvalue weighted by atomic mass is 16.2. The lowest BCUT2D eigenvalue weighted by Gasteiger charge is -2.24. The van der Waals surface area contributed by atoms with E-state index in [0.29, 0.717) is 19.6 Å². The van der Waals surface area contributed by atoms with Gasteiger partial charge in [0.25, 0.3) is 0 Å². The fourth-order valence-electron chi connectivity index (χ4n) is 3.64. The van der Waals surface area contributed by atoms with E-state index >= 15 is 0 Å². The van der Waals surface area contributed by atoms with Gasteiger partial charge in [-0.25, -0.2) is 0 Å². The summed E-state index contributed by atoms with van der Waals surface area (Å²) in [5.41, 5.74) is 4.26. The van der Waals surface area contributed by atoms with Crippen molar-refractivity contribution in [3.63, 3.8) is 0 Å². The highest BCUT2D eigenvalue weighted by Crippen LogP contribution is 2.28. The van der Waals surface area contributed by atoms with Crippen molar-refractivity contribution >= 4 is 17.5 Å². The van der Waals surface area contributed by atoms with Crippen LogP contribution in [0.5, 0.6) is 0 Å². The molecule has 0 N–H and O–H groups in total. The number of carbonyl (C=O) groups excluding carboxylic acids is 2. The number of rotatable bonds is 5. The van der Waals surface area contributed by atoms with Crippen LogP contribution in [0.25, 0.3) is 0 Å². The second-order valence-corrected chi connectivity index (χ2v) is 7.09. The van der Waals surface area contributed by atoms with E-state index in [1.54, 1.807) is 4.90 Å². The van der Waals surface area contributed by atoms with E-state index in [-0.39, 0.29) is 24.2 Å². The minimum absolute atomic E-state index is 0.0316. The van der Waals surface area contributed by atoms with Gasteiger partial charge in [-0.15, -0.1) is 0 Å². The first-order chi connectivity index (χ1) is 12.5. The predicted molar refractivity (Wildman–Crippen MR) is 104 cm³/mol. The third kappa shape index (κ3) is 3.96. The monoisotopic (exact) mass is 350 g/mol. The number of hydrogen-bond donors (Lipinski definition) is 0. The molecule has 0 radical (unpaired) electrons. The number of benzene rings is 2. The number of carbonyl (C=O) groups is 2. The molecule has 1 fully saturated rings. The van der Waals surface area contributed by atoms with Crippen LogP contribution in [0.15, 0.2) is 48.5 Å². The molecule has 1 atom stereocenters. The van der Waals surface area contributed by atoms with E-state index in [4.69, 9.17) is 0 Å². The summed E-state index contributed by atoms with van der Waals surface area (Å²) in [7, 11) is 0. The first-order valence-corrected chi connectivity index (χ1v) is 9.19. The highest BCUT2D eigenvalue weighted by molar-refractivity contribution is 6.00. The molecule has 0 spiro atoms. The molecular formula is C22H26N2O2. The fourth-order valence-corrected chi connectivity index (χ4v) is 3.64. The summed E-state index contributed by atoms with van der Waals surface area (Å²) in [6, 6.07) is 16.1. The van der Waals surface area contributed by atoms with Crippen LogP contribution in [0.1, 0.15) is 30.0 Å². The second-order valence-electron chi connectivity index (χ2n) is 7.09. The smallest absolute Gasteiger partial charge is 0.228 e. The van der Waals surface area contributed by atoms with Gasteiger partial charge in [-0.1, -0.05) is 36.4 Å². The fraction of sp³-hybridized carbons (Fsp3) is 0.364. The predicted octanol–water partition coefficient (Wildman–Crippen LogP) is 3.71. The van der Waals surface area contributed by atoms with Crippen LogP contribution in [0.4, 0.5) is 5.69 Å². The lowest BCUT2D eigenvalue weighted by molar-refractivity contribution is -0.136. The molecule has 1 aliphatic rings. The molecule has 1 aliphatic heterocycles. The average molecular weight is 350 g/mol. The van der Waals surface area contributed by atoms with Gasteiger partial charge in [0, 0.05) is 31.7 Å². The van der Waals surface area contributed by atoms with Crippen LogP contribution < -0.4 is 4.90 Å². The van der Waals surface area contributed by atoms with Crippen LogP contribution in [0.3, 0.4) is 0 Å². The van der Waals surface area contributed by atoms with Crippen molar-refractivity contribution in [2.24, 2.45) is 5.92 Å². The van der Waals surface area contributed by atoms with Crippen LogP contribution in [-0.2, 0) is 16.1 Å². The summed E-state index contributed by atoms with van der Waals surface area (Å²) in [4.78, 5) is 29.1. The Morgan fingerprint density at radius 2 is 1.77 bits per heavy atom. The molecule has 26 heavy (non-hydrogen) atoms. The summed E-state index contributed by atoms with van der Waals surface area (Å²) < 4.78 is 0. The zero-order chi connectivity index (χ0) is 18.7. The molecular weight excluding hydrogens is 324 g/mol. The Kier molecular flexibility index (Phi) is 5.40. The van der Waals surface area contributed by atoms with Crippen LogP contribution in [0, 0.1) is 19.8 Å². The Bertz CT molecular complexity index is 781. The van der Waals surface area contributed by atoms with Gasteiger partial charge in [-0.2, -0.15) is 0 Å². The quantitative estimate of drug-likeness (QED) is 0.825. The lowest BCUT2D eigenvalue weighted by Crippen LogP contribution is -2.37. The van der Waals surface area contributed by atoms with Crippen molar-refractivity contribution < 1.29 is 9.59 Å². The molecule has 0 aromatic heterocycles. The molecule has 4 heteroatoms. The van der Waals surface area contributed by atoms with Gasteiger partial charge >= 0.3 is 0 Å². The molecule has 2 aromatic carbocycles. The molecule has 1 heterocycles. The standard InChI is InChI=1S/C22H26N2O2/c1-4-23(14-18-8-6-5-7-9-18)22(26)19-13-21(25)24(15-19)20-11-16(2)10-17(3)12-20/h5-12,19H,4,13-15H2,1-3H3. The number of amides is 2. The Hall–Kier alpha value is -2.62. The maximum Gasteiger partial charge on any atom is 0.228 e. The normalized spacial score (nSPS) is 16.8. The van der Waals surface area contributed by atoms with Gasteiger partial charge in [0.1, 0.15) is 0 Å². The number of aryl methyl sites for hydroxylation is 2. The van der Waals surface area contributed by atoms with Gasteiger partial charge in [0.15, 0.2) is 0 Å². The van der Waals surface area contributed by atoms with Gasteiger partial charge < -0.3 is 9.80 Å². The topological polar surface area (TPSA) is 40.6 Å². The third-order valence-corrected chi connectivity index (χ3v) is 4.90. The molecule has 4 nitrogen and oxygen atoms in total. The van der Waals surface area contributed by atoms with Crippen LogP contribution in [-0.4, -0.2) is 29.8 Å². The number of hydrogen-bond acceptors (Lipinski definition) is 2. The molecule has 136 valence electrons. The minimum atomic E-state index is -0.271. The Balaban J connectivity index is 1.73. The molecule has 2 aromatic rings. The molecule has 1 unspecified atom stereocenters. The first-order valence-electron chi connectivity index (χ1n) is 9.19. The second kappa shape index (κ2) is 7.73. The van der Waals surface area contributed by atoms with E-state index in [0.717, 1.165) is 22.4 Å². The minimum Gasteiger partial charge on any atom is -0.338 e. The van der Waals surface area contributed by atoms with Crippen molar-refractivity contribution in [3.05, 3.63) is 65.2 Å². The third-order valence-electron chi connectivity index (χ3n) is 4.90. The van der Waals surface area contributed by atoms with Crippen molar-refractivity contribution in [3.8, 4) is 0 Å². The van der Waals surface area contributed by atoms with E-state index < -0.39 is 0 Å². The summed E-state index contributed by atoms with van der Waals surface area (Å²) in [6.45, 7) is 7.73. The molecule has 0 bridgehead atoms. The van der Waals surface area contributed by atoms with Crippen molar-refractivity contribution in [2.75, 3.05) is 18.0 Å². The summed E-state index contributed by atoms with van der Waals surface area (Å²) in [5.74, 6) is -0.173. The van der Waals surface area contributed by atoms with E-state index in [2.05, 4.69) is 6.07 Å². The SMILES string of the molecule is CCN(Cc1ccccc1)C(=O)C1CC(=O)N(c2cc(C)cc(C)c2)C1. The Labute approximate surface area is 155 Å². The van der Waals surface area contributed by atoms with Crippen molar-refractivity contribution in [2.45, 2.75) is 33.7 Å². The Morgan fingerprint density at radius 3 is 2.38 bits per heavy atom. The number of anilines is 1. The highest BCUT2D eigenvalue weighted by Gasteiger charge is 2.37. The van der Waals surface area contributed by atoms with Gasteiger partial charge in [0.2, 0.25) is 11.8 Å². The van der Waals surface area contributed by atoms with E-state index in [9.17, 15) is 9.59 Å².